The molecule has 118 valence electrons. The molecule has 0 bridgehead atoms. The minimum Gasteiger partial charge on any atom is -0.419 e. The molecule has 8 heteroatoms. The van der Waals surface area contributed by atoms with E-state index in [0.717, 1.165) is 5.56 Å². The van der Waals surface area contributed by atoms with Crippen molar-refractivity contribution in [2.45, 2.75) is 26.6 Å². The zero-order valence-corrected chi connectivity index (χ0v) is 15.8. The van der Waals surface area contributed by atoms with Gasteiger partial charge in [-0.25, -0.2) is 9.59 Å². The molecule has 1 fully saturated rings. The molecule has 5 nitrogen and oxygen atoms in total. The van der Waals surface area contributed by atoms with Crippen LogP contribution in [-0.4, -0.2) is 17.7 Å². The topological polar surface area (TPSA) is 64.6 Å². The minimum absolute atomic E-state index is 0.217. The molecular formula is C14H12Br2ClNO4. The maximum atomic E-state index is 11.9. The second-order valence-electron chi connectivity index (χ2n) is 5.04. The van der Waals surface area contributed by atoms with Crippen molar-refractivity contribution in [2.75, 3.05) is 5.32 Å². The lowest BCUT2D eigenvalue weighted by molar-refractivity contribution is -0.222. The van der Waals surface area contributed by atoms with Crippen molar-refractivity contribution in [1.82, 2.24) is 0 Å². The molecule has 1 N–H and O–H groups in total. The fraction of sp³-hybridized carbons (Fsp3) is 0.286. The molecule has 0 aliphatic carbocycles. The van der Waals surface area contributed by atoms with Crippen molar-refractivity contribution in [2.24, 2.45) is 0 Å². The van der Waals surface area contributed by atoms with E-state index in [1.54, 1.807) is 6.07 Å². The number of ether oxygens (including phenoxy) is 2. The zero-order valence-electron chi connectivity index (χ0n) is 11.9. The first kappa shape index (κ1) is 17.3. The lowest BCUT2D eigenvalue weighted by atomic mass is 10.2. The molecule has 22 heavy (non-hydrogen) atoms. The first-order chi connectivity index (χ1) is 10.1. The molecule has 0 spiro atoms. The van der Waals surface area contributed by atoms with Crippen molar-refractivity contribution >= 4 is 61.1 Å². The molecule has 1 heterocycles. The lowest BCUT2D eigenvalue weighted by Gasteiger charge is -2.29. The normalized spacial score (nSPS) is 16.9. The molecule has 1 saturated heterocycles. The van der Waals surface area contributed by atoms with Gasteiger partial charge in [0.15, 0.2) is 5.57 Å². The van der Waals surface area contributed by atoms with E-state index in [4.69, 9.17) is 21.1 Å². The van der Waals surface area contributed by atoms with Crippen LogP contribution >= 0.6 is 43.5 Å². The molecule has 0 saturated carbocycles. The molecule has 1 aromatic rings. The Morgan fingerprint density at radius 1 is 1.23 bits per heavy atom. The Morgan fingerprint density at radius 2 is 1.77 bits per heavy atom. The van der Waals surface area contributed by atoms with Crippen LogP contribution in [0.2, 0.25) is 5.02 Å². The molecule has 0 aromatic heterocycles. The SMILES string of the molecule is Cc1c(Cl)cc(Br)c(NC=C2C(=O)OC(C)(C)OC2=O)c1Br. The number of rotatable bonds is 2. The minimum atomic E-state index is -1.26. The largest absolute Gasteiger partial charge is 0.419 e. The lowest BCUT2D eigenvalue weighted by Crippen LogP contribution is -2.42. The van der Waals surface area contributed by atoms with Crippen LogP contribution in [0.25, 0.3) is 0 Å². The second kappa shape index (κ2) is 6.22. The molecule has 0 unspecified atom stereocenters. The van der Waals surface area contributed by atoms with Crippen molar-refractivity contribution in [3.05, 3.63) is 37.4 Å². The number of hydrogen-bond donors (Lipinski definition) is 1. The highest BCUT2D eigenvalue weighted by Gasteiger charge is 2.39. The summed E-state index contributed by atoms with van der Waals surface area (Å²) >= 11 is 12.8. The van der Waals surface area contributed by atoms with E-state index >= 15 is 0 Å². The van der Waals surface area contributed by atoms with Gasteiger partial charge < -0.3 is 14.8 Å². The smallest absolute Gasteiger partial charge is 0.350 e. The van der Waals surface area contributed by atoms with E-state index in [2.05, 4.69) is 37.2 Å². The molecule has 1 aliphatic rings. The zero-order chi connectivity index (χ0) is 16.7. The van der Waals surface area contributed by atoms with Gasteiger partial charge in [-0.05, 0) is 50.4 Å². The van der Waals surface area contributed by atoms with E-state index in [0.29, 0.717) is 19.7 Å². The average molecular weight is 454 g/mol. The second-order valence-corrected chi connectivity index (χ2v) is 7.09. The predicted octanol–water partition coefficient (Wildman–Crippen LogP) is 4.31. The van der Waals surface area contributed by atoms with Gasteiger partial charge in [0.1, 0.15) is 0 Å². The molecular weight excluding hydrogens is 441 g/mol. The van der Waals surface area contributed by atoms with E-state index in [1.807, 2.05) is 6.92 Å². The van der Waals surface area contributed by atoms with Gasteiger partial charge in [-0.3, -0.25) is 0 Å². The summed E-state index contributed by atoms with van der Waals surface area (Å²) < 4.78 is 11.4. The number of hydrogen-bond acceptors (Lipinski definition) is 5. The first-order valence-corrected chi connectivity index (χ1v) is 8.16. The number of carbonyl (C=O) groups excluding carboxylic acids is 2. The van der Waals surface area contributed by atoms with Crippen molar-refractivity contribution in [1.29, 1.82) is 0 Å². The van der Waals surface area contributed by atoms with Crippen LogP contribution < -0.4 is 5.32 Å². The van der Waals surface area contributed by atoms with Crippen LogP contribution in [0, 0.1) is 6.92 Å². The van der Waals surface area contributed by atoms with E-state index < -0.39 is 17.7 Å². The van der Waals surface area contributed by atoms with Crippen LogP contribution in [0.4, 0.5) is 5.69 Å². The quantitative estimate of drug-likeness (QED) is 0.411. The monoisotopic (exact) mass is 451 g/mol. The summed E-state index contributed by atoms with van der Waals surface area (Å²) in [6.45, 7) is 4.81. The third-order valence-electron chi connectivity index (χ3n) is 2.88. The van der Waals surface area contributed by atoms with E-state index in [9.17, 15) is 9.59 Å². The molecule has 0 atom stereocenters. The van der Waals surface area contributed by atoms with Crippen molar-refractivity contribution in [3.63, 3.8) is 0 Å². The Kier molecular flexibility index (Phi) is 4.89. The average Bonchev–Trinajstić information content (AvgIpc) is 2.37. The number of nitrogens with one attached hydrogen (secondary N) is 1. The summed E-state index contributed by atoms with van der Waals surface area (Å²) in [6.07, 6.45) is 1.25. The molecule has 0 amide bonds. The van der Waals surface area contributed by atoms with Crippen molar-refractivity contribution < 1.29 is 19.1 Å². The Hall–Kier alpha value is -1.05. The molecule has 0 radical (unpaired) electrons. The number of cyclic esters (lactones) is 2. The standard InChI is InChI=1S/C14H12Br2ClNO4/c1-6-9(17)4-8(15)11(10(6)16)18-5-7-12(19)21-14(2,3)22-13(7)20/h4-5,18H,1-3H3. The Balaban J connectivity index is 2.32. The highest BCUT2D eigenvalue weighted by molar-refractivity contribution is 9.11. The van der Waals surface area contributed by atoms with Gasteiger partial charge in [0.05, 0.1) is 5.69 Å². The fourth-order valence-corrected chi connectivity index (χ4v) is 3.54. The Bertz CT molecular complexity index is 679. The third kappa shape index (κ3) is 3.47. The number of carbonyl (C=O) groups is 2. The summed E-state index contributed by atoms with van der Waals surface area (Å²) in [5.74, 6) is -2.75. The first-order valence-electron chi connectivity index (χ1n) is 6.20. The van der Waals surface area contributed by atoms with Gasteiger partial charge in [0.2, 0.25) is 0 Å². The number of halogens is 3. The Morgan fingerprint density at radius 3 is 2.32 bits per heavy atom. The number of esters is 2. The fourth-order valence-electron chi connectivity index (χ4n) is 1.74. The van der Waals surface area contributed by atoms with Crippen LogP contribution in [0.3, 0.4) is 0 Å². The molecule has 1 aromatic carbocycles. The van der Waals surface area contributed by atoms with Gasteiger partial charge in [0.25, 0.3) is 5.79 Å². The third-order valence-corrected chi connectivity index (χ3v) is 4.89. The molecule has 1 aliphatic heterocycles. The van der Waals surface area contributed by atoms with Gasteiger partial charge >= 0.3 is 11.9 Å². The summed E-state index contributed by atoms with van der Waals surface area (Å²) in [7, 11) is 0. The van der Waals surface area contributed by atoms with Crippen molar-refractivity contribution in [3.8, 4) is 0 Å². The molecule has 2 rings (SSSR count). The van der Waals surface area contributed by atoms with Crippen LogP contribution in [0.5, 0.6) is 0 Å². The van der Waals surface area contributed by atoms with Gasteiger partial charge in [-0.15, -0.1) is 0 Å². The maximum absolute atomic E-state index is 11.9. The van der Waals surface area contributed by atoms with Crippen LogP contribution in [-0.2, 0) is 19.1 Å². The number of benzene rings is 1. The Labute approximate surface area is 149 Å². The van der Waals surface area contributed by atoms with E-state index in [1.165, 1.54) is 20.0 Å². The summed E-state index contributed by atoms with van der Waals surface area (Å²) in [5.41, 5.74) is 1.23. The maximum Gasteiger partial charge on any atom is 0.350 e. The predicted molar refractivity (Wildman–Crippen MR) is 89.6 cm³/mol. The van der Waals surface area contributed by atoms with Crippen LogP contribution in [0.15, 0.2) is 26.8 Å². The summed E-state index contributed by atoms with van der Waals surface area (Å²) in [6, 6.07) is 1.71. The van der Waals surface area contributed by atoms with Gasteiger partial charge in [0, 0.05) is 34.0 Å². The summed E-state index contributed by atoms with van der Waals surface area (Å²) in [4.78, 5) is 23.7. The van der Waals surface area contributed by atoms with Crippen LogP contribution in [0.1, 0.15) is 19.4 Å². The highest BCUT2D eigenvalue weighted by Crippen LogP contribution is 2.38. The van der Waals surface area contributed by atoms with Gasteiger partial charge in [-0.2, -0.15) is 0 Å². The summed E-state index contributed by atoms with van der Waals surface area (Å²) in [5, 5.41) is 3.47. The highest BCUT2D eigenvalue weighted by atomic mass is 79.9. The van der Waals surface area contributed by atoms with E-state index in [-0.39, 0.29) is 5.57 Å². The van der Waals surface area contributed by atoms with Gasteiger partial charge in [-0.1, -0.05) is 11.6 Å². The number of anilines is 1.